The van der Waals surface area contributed by atoms with Crippen LogP contribution in [0.1, 0.15) is 37.3 Å². The van der Waals surface area contributed by atoms with Gasteiger partial charge in [-0.15, -0.1) is 0 Å². The zero-order chi connectivity index (χ0) is 24.3. The molecule has 1 saturated heterocycles. The van der Waals surface area contributed by atoms with Crippen LogP contribution < -0.4 is 9.80 Å². The summed E-state index contributed by atoms with van der Waals surface area (Å²) in [6.45, 7) is 2.33. The maximum atomic E-state index is 14.1. The number of fused-ring (bicyclic) bond motifs is 3. The highest BCUT2D eigenvalue weighted by molar-refractivity contribution is 6.33. The van der Waals surface area contributed by atoms with Crippen molar-refractivity contribution < 1.29 is 18.4 Å². The quantitative estimate of drug-likeness (QED) is 0.538. The molecule has 0 bridgehead atoms. The fraction of sp³-hybridized carbons (Fsp3) is 0.292. The van der Waals surface area contributed by atoms with Crippen molar-refractivity contribution in [3.05, 3.63) is 58.7 Å². The molecule has 1 aromatic heterocycles. The fourth-order valence-electron chi connectivity index (χ4n) is 4.93. The summed E-state index contributed by atoms with van der Waals surface area (Å²) in [5, 5.41) is 14.1. The van der Waals surface area contributed by atoms with Gasteiger partial charge in [0.05, 0.1) is 28.3 Å². The number of aliphatic imine (C=N–C) groups is 1. The first-order chi connectivity index (χ1) is 16.9. The molecule has 0 spiro atoms. The van der Waals surface area contributed by atoms with E-state index in [1.165, 1.54) is 18.5 Å². The molecule has 3 aromatic rings. The fourth-order valence-corrected chi connectivity index (χ4v) is 5.13. The first kappa shape index (κ1) is 21.7. The van der Waals surface area contributed by atoms with Crippen molar-refractivity contribution in [3.63, 3.8) is 0 Å². The highest BCUT2D eigenvalue weighted by Crippen LogP contribution is 2.49. The smallest absolute Gasteiger partial charge is 0.255 e. The lowest BCUT2D eigenvalue weighted by Gasteiger charge is -2.46. The van der Waals surface area contributed by atoms with Gasteiger partial charge in [0.1, 0.15) is 23.7 Å². The number of anilines is 2. The molecule has 176 valence electrons. The van der Waals surface area contributed by atoms with Crippen LogP contribution in [0.25, 0.3) is 11.4 Å². The van der Waals surface area contributed by atoms with Crippen LogP contribution in [0.5, 0.6) is 0 Å². The van der Waals surface area contributed by atoms with E-state index >= 15 is 0 Å². The van der Waals surface area contributed by atoms with E-state index in [1.807, 2.05) is 6.92 Å². The van der Waals surface area contributed by atoms with Crippen molar-refractivity contribution in [2.24, 2.45) is 4.99 Å². The van der Waals surface area contributed by atoms with Gasteiger partial charge in [-0.05, 0) is 56.2 Å². The molecule has 1 amide bonds. The summed E-state index contributed by atoms with van der Waals surface area (Å²) in [5.41, 5.74) is 0.825. The number of halogens is 2. The van der Waals surface area contributed by atoms with Crippen molar-refractivity contribution in [1.82, 2.24) is 10.1 Å². The number of amides is 1. The Labute approximate surface area is 204 Å². The van der Waals surface area contributed by atoms with Crippen molar-refractivity contribution >= 4 is 35.2 Å². The molecule has 4 heterocycles. The molecule has 2 aromatic carbocycles. The molecule has 3 atom stereocenters. The Morgan fingerprint density at radius 3 is 2.77 bits per heavy atom. The molecule has 1 fully saturated rings. The summed E-state index contributed by atoms with van der Waals surface area (Å²) in [4.78, 5) is 26.3. The predicted molar refractivity (Wildman–Crippen MR) is 124 cm³/mol. The van der Waals surface area contributed by atoms with Gasteiger partial charge in [0, 0.05) is 12.2 Å². The number of nitriles is 1. The monoisotopic (exact) mass is 492 g/mol. The molecule has 3 unspecified atom stereocenters. The van der Waals surface area contributed by atoms with Gasteiger partial charge in [0.25, 0.3) is 11.8 Å². The Balaban J connectivity index is 1.45. The lowest BCUT2D eigenvalue weighted by atomic mass is 9.95. The van der Waals surface area contributed by atoms with Gasteiger partial charge in [-0.2, -0.15) is 10.2 Å². The van der Waals surface area contributed by atoms with E-state index in [0.717, 1.165) is 6.42 Å². The molecule has 0 saturated carbocycles. The van der Waals surface area contributed by atoms with Crippen LogP contribution in [0.4, 0.5) is 15.8 Å². The molecule has 11 heteroatoms. The predicted octanol–water partition coefficient (Wildman–Crippen LogP) is 4.23. The minimum absolute atomic E-state index is 0.150. The van der Waals surface area contributed by atoms with Crippen LogP contribution in [0.2, 0.25) is 5.02 Å². The summed E-state index contributed by atoms with van der Waals surface area (Å²) in [7, 11) is 0. The van der Waals surface area contributed by atoms with Crippen molar-refractivity contribution in [1.29, 1.82) is 5.26 Å². The maximum Gasteiger partial charge on any atom is 0.255 e. The SMILES string of the molecule is CC1(N2C(=O)C3C(c4nc(-c5ccc(F)cc5)no4)N=CN3c3ccc(Cl)c(C#N)c32)CCCO1. The third-order valence-electron chi connectivity index (χ3n) is 6.61. The number of carbonyl (C=O) groups excluding carboxylic acids is 1. The number of hydrogen-bond acceptors (Lipinski definition) is 8. The number of aromatic nitrogens is 2. The molecule has 3 aliphatic heterocycles. The van der Waals surface area contributed by atoms with Gasteiger partial charge in [-0.1, -0.05) is 16.8 Å². The number of nitrogens with zero attached hydrogens (tertiary/aromatic N) is 6. The van der Waals surface area contributed by atoms with Crippen LogP contribution in [0.3, 0.4) is 0 Å². The third kappa shape index (κ3) is 3.23. The average molecular weight is 493 g/mol. The lowest BCUT2D eigenvalue weighted by molar-refractivity contribution is -0.125. The Kier molecular flexibility index (Phi) is 4.88. The van der Waals surface area contributed by atoms with E-state index in [-0.39, 0.29) is 34.0 Å². The largest absolute Gasteiger partial charge is 0.355 e. The Morgan fingerprint density at radius 1 is 1.26 bits per heavy atom. The summed E-state index contributed by atoms with van der Waals surface area (Å²) >= 11 is 6.35. The highest BCUT2D eigenvalue weighted by atomic mass is 35.5. The van der Waals surface area contributed by atoms with Gasteiger partial charge in [0.15, 0.2) is 6.04 Å². The van der Waals surface area contributed by atoms with E-state index in [0.29, 0.717) is 30.0 Å². The van der Waals surface area contributed by atoms with Gasteiger partial charge >= 0.3 is 0 Å². The minimum Gasteiger partial charge on any atom is -0.355 e. The minimum atomic E-state index is -0.949. The molecule has 9 nitrogen and oxygen atoms in total. The molecule has 3 aliphatic rings. The van der Waals surface area contributed by atoms with Crippen LogP contribution in [-0.4, -0.2) is 40.8 Å². The van der Waals surface area contributed by atoms with E-state index in [2.05, 4.69) is 21.2 Å². The lowest BCUT2D eigenvalue weighted by Crippen LogP contribution is -2.60. The normalized spacial score (nSPS) is 25.0. The summed E-state index contributed by atoms with van der Waals surface area (Å²) in [6, 6.07) is 9.62. The molecule has 0 radical (unpaired) electrons. The zero-order valence-electron chi connectivity index (χ0n) is 18.5. The van der Waals surface area contributed by atoms with Crippen LogP contribution in [0, 0.1) is 17.1 Å². The van der Waals surface area contributed by atoms with Gasteiger partial charge in [0.2, 0.25) is 5.82 Å². The number of carbonyl (C=O) groups is 1. The zero-order valence-corrected chi connectivity index (χ0v) is 19.2. The summed E-state index contributed by atoms with van der Waals surface area (Å²) < 4.78 is 24.8. The first-order valence-corrected chi connectivity index (χ1v) is 11.4. The number of benzene rings is 2. The van der Waals surface area contributed by atoms with Crippen molar-refractivity contribution in [3.8, 4) is 17.5 Å². The molecule has 0 N–H and O–H groups in total. The number of rotatable bonds is 3. The molecule has 35 heavy (non-hydrogen) atoms. The molecular weight excluding hydrogens is 475 g/mol. The molecule has 0 aliphatic carbocycles. The van der Waals surface area contributed by atoms with Crippen molar-refractivity contribution in [2.45, 2.75) is 37.6 Å². The number of ether oxygens (including phenoxy) is 1. The van der Waals surface area contributed by atoms with E-state index < -0.39 is 17.8 Å². The Hall–Kier alpha value is -3.81. The van der Waals surface area contributed by atoms with Crippen LogP contribution in [0.15, 0.2) is 45.9 Å². The molecule has 6 rings (SSSR count). The Bertz CT molecular complexity index is 1410. The van der Waals surface area contributed by atoms with E-state index in [9.17, 15) is 14.4 Å². The van der Waals surface area contributed by atoms with E-state index in [4.69, 9.17) is 20.9 Å². The van der Waals surface area contributed by atoms with Crippen molar-refractivity contribution in [2.75, 3.05) is 16.4 Å². The number of hydrogen-bond donors (Lipinski definition) is 0. The summed E-state index contributed by atoms with van der Waals surface area (Å²) in [5.74, 6) is -0.278. The first-order valence-electron chi connectivity index (χ1n) is 11.0. The van der Waals surface area contributed by atoms with Gasteiger partial charge in [-0.25, -0.2) is 4.39 Å². The second-order valence-electron chi connectivity index (χ2n) is 8.73. The van der Waals surface area contributed by atoms with Gasteiger partial charge in [-0.3, -0.25) is 14.7 Å². The second kappa shape index (κ2) is 7.86. The maximum absolute atomic E-state index is 14.1. The standard InChI is InChI=1S/C24H18ClFN6O3/c1-24(9-2-10-34-24)32-19-15(11-27)16(25)7-8-17(19)31-12-28-18(20(31)23(32)33)22-29-21(30-35-22)13-3-5-14(26)6-4-13/h3-8,12,18,20H,2,9-10H2,1H3. The van der Waals surface area contributed by atoms with Crippen LogP contribution >= 0.6 is 11.6 Å². The molecular formula is C24H18ClFN6O3. The summed E-state index contributed by atoms with van der Waals surface area (Å²) in [6.07, 6.45) is 2.91. The second-order valence-corrected chi connectivity index (χ2v) is 9.13. The Morgan fingerprint density at radius 2 is 2.06 bits per heavy atom. The van der Waals surface area contributed by atoms with Gasteiger partial charge < -0.3 is 14.2 Å². The average Bonchev–Trinajstić information content (AvgIpc) is 3.59. The topological polar surface area (TPSA) is 108 Å². The highest BCUT2D eigenvalue weighted by Gasteiger charge is 2.54. The third-order valence-corrected chi connectivity index (χ3v) is 6.93. The van der Waals surface area contributed by atoms with Crippen LogP contribution in [-0.2, 0) is 9.53 Å². The van der Waals surface area contributed by atoms with E-state index in [1.54, 1.807) is 34.1 Å².